The van der Waals surface area contributed by atoms with Crippen LogP contribution in [-0.2, 0) is 28.6 Å². The van der Waals surface area contributed by atoms with E-state index in [0.29, 0.717) is 6.29 Å². The van der Waals surface area contributed by atoms with Crippen molar-refractivity contribution in [3.8, 4) is 0 Å². The van der Waals surface area contributed by atoms with E-state index in [-0.39, 0.29) is 12.0 Å². The van der Waals surface area contributed by atoms with Gasteiger partial charge in [0.25, 0.3) is 0 Å². The first kappa shape index (κ1) is 14.2. The smallest absolute Gasteiger partial charge is 0.337 e. The molecule has 0 saturated carbocycles. The van der Waals surface area contributed by atoms with Gasteiger partial charge in [0, 0.05) is 5.92 Å². The molecule has 3 atom stereocenters. The standard InChI is InChI=1S/C12H16O6/c1-7-9(5-13)8(4-11(14)16-2)10(6-18-7)12(15)17-3/h5-9H,4H2,1-3H3. The molecule has 18 heavy (non-hydrogen) atoms. The molecule has 0 bridgehead atoms. The molecule has 0 aromatic carbocycles. The van der Waals surface area contributed by atoms with Crippen molar-refractivity contribution in [2.45, 2.75) is 19.4 Å². The number of esters is 2. The average Bonchev–Trinajstić information content (AvgIpc) is 2.38. The van der Waals surface area contributed by atoms with E-state index < -0.39 is 29.9 Å². The van der Waals surface area contributed by atoms with Crippen LogP contribution < -0.4 is 0 Å². The number of carbonyl (C=O) groups is 3. The van der Waals surface area contributed by atoms with E-state index >= 15 is 0 Å². The van der Waals surface area contributed by atoms with Crippen LogP contribution in [0.2, 0.25) is 0 Å². The summed E-state index contributed by atoms with van der Waals surface area (Å²) in [6.45, 7) is 1.70. The quantitative estimate of drug-likeness (QED) is 0.537. The van der Waals surface area contributed by atoms with Crippen LogP contribution in [0.4, 0.5) is 0 Å². The summed E-state index contributed by atoms with van der Waals surface area (Å²) in [5, 5.41) is 0. The minimum Gasteiger partial charge on any atom is -0.497 e. The molecule has 3 unspecified atom stereocenters. The van der Waals surface area contributed by atoms with Crippen molar-refractivity contribution >= 4 is 18.2 Å². The van der Waals surface area contributed by atoms with Crippen molar-refractivity contribution in [1.82, 2.24) is 0 Å². The number of methoxy groups -OCH3 is 2. The van der Waals surface area contributed by atoms with E-state index in [1.165, 1.54) is 20.5 Å². The maximum atomic E-state index is 11.6. The number of hydrogen-bond acceptors (Lipinski definition) is 6. The second-order valence-corrected chi connectivity index (χ2v) is 4.01. The minimum atomic E-state index is -0.609. The van der Waals surface area contributed by atoms with Crippen LogP contribution in [0.25, 0.3) is 0 Å². The SMILES string of the molecule is COC(=O)CC1C(C(=O)OC)=COC(C)C1C=O. The molecule has 0 fully saturated rings. The molecule has 0 amide bonds. The molecule has 0 aliphatic carbocycles. The Morgan fingerprint density at radius 3 is 2.56 bits per heavy atom. The Hall–Kier alpha value is -1.85. The van der Waals surface area contributed by atoms with Gasteiger partial charge in [0.05, 0.1) is 38.4 Å². The third kappa shape index (κ3) is 2.88. The monoisotopic (exact) mass is 256 g/mol. The fourth-order valence-corrected chi connectivity index (χ4v) is 1.92. The van der Waals surface area contributed by atoms with Gasteiger partial charge in [0.2, 0.25) is 0 Å². The van der Waals surface area contributed by atoms with Gasteiger partial charge >= 0.3 is 11.9 Å². The zero-order valence-electron chi connectivity index (χ0n) is 10.5. The summed E-state index contributed by atoms with van der Waals surface area (Å²) < 4.78 is 14.4. The first-order chi connectivity index (χ1) is 8.54. The lowest BCUT2D eigenvalue weighted by Crippen LogP contribution is -2.37. The maximum absolute atomic E-state index is 11.6. The van der Waals surface area contributed by atoms with Gasteiger partial charge < -0.3 is 19.0 Å². The van der Waals surface area contributed by atoms with Gasteiger partial charge in [-0.2, -0.15) is 0 Å². The molecule has 1 aliphatic heterocycles. The Balaban J connectivity index is 3.02. The fraction of sp³-hybridized carbons (Fsp3) is 0.583. The number of ether oxygens (including phenoxy) is 3. The van der Waals surface area contributed by atoms with Gasteiger partial charge in [-0.3, -0.25) is 4.79 Å². The first-order valence-electron chi connectivity index (χ1n) is 5.51. The highest BCUT2D eigenvalue weighted by Gasteiger charge is 2.39. The zero-order chi connectivity index (χ0) is 13.7. The second kappa shape index (κ2) is 6.18. The Morgan fingerprint density at radius 2 is 2.06 bits per heavy atom. The van der Waals surface area contributed by atoms with Crippen LogP contribution in [0.3, 0.4) is 0 Å². The lowest BCUT2D eigenvalue weighted by atomic mass is 9.80. The van der Waals surface area contributed by atoms with E-state index in [4.69, 9.17) is 4.74 Å². The Bertz CT molecular complexity index is 373. The number of rotatable bonds is 4. The summed E-state index contributed by atoms with van der Waals surface area (Å²) in [4.78, 5) is 34.0. The Kier molecular flexibility index (Phi) is 4.88. The highest BCUT2D eigenvalue weighted by atomic mass is 16.5. The van der Waals surface area contributed by atoms with Crippen LogP contribution in [-0.4, -0.2) is 38.5 Å². The Morgan fingerprint density at radius 1 is 1.39 bits per heavy atom. The van der Waals surface area contributed by atoms with E-state index in [0.717, 1.165) is 0 Å². The highest BCUT2D eigenvalue weighted by molar-refractivity contribution is 5.90. The maximum Gasteiger partial charge on any atom is 0.337 e. The molecular weight excluding hydrogens is 240 g/mol. The summed E-state index contributed by atoms with van der Waals surface area (Å²) in [6, 6.07) is 0. The third-order valence-electron chi connectivity index (χ3n) is 3.01. The second-order valence-electron chi connectivity index (χ2n) is 4.01. The largest absolute Gasteiger partial charge is 0.497 e. The lowest BCUT2D eigenvalue weighted by molar-refractivity contribution is -0.143. The van der Waals surface area contributed by atoms with Crippen LogP contribution in [0, 0.1) is 11.8 Å². The molecule has 0 N–H and O–H groups in total. The third-order valence-corrected chi connectivity index (χ3v) is 3.01. The molecule has 1 heterocycles. The molecule has 1 rings (SSSR count). The average molecular weight is 256 g/mol. The van der Waals surface area contributed by atoms with Crippen molar-refractivity contribution in [3.05, 3.63) is 11.8 Å². The number of hydrogen-bond donors (Lipinski definition) is 0. The summed E-state index contributed by atoms with van der Waals surface area (Å²) in [6.07, 6.45) is 1.48. The summed E-state index contributed by atoms with van der Waals surface area (Å²) in [5.74, 6) is -2.26. The molecule has 0 saturated heterocycles. The Labute approximate surface area is 105 Å². The molecule has 0 spiro atoms. The van der Waals surface area contributed by atoms with Crippen molar-refractivity contribution in [2.75, 3.05) is 14.2 Å². The van der Waals surface area contributed by atoms with E-state index in [2.05, 4.69) is 9.47 Å². The molecular formula is C12H16O6. The predicted molar refractivity (Wildman–Crippen MR) is 60.3 cm³/mol. The molecule has 1 aliphatic rings. The van der Waals surface area contributed by atoms with Crippen molar-refractivity contribution < 1.29 is 28.6 Å². The van der Waals surface area contributed by atoms with Gasteiger partial charge in [-0.25, -0.2) is 4.79 Å². The van der Waals surface area contributed by atoms with Crippen molar-refractivity contribution in [3.63, 3.8) is 0 Å². The molecule has 100 valence electrons. The summed E-state index contributed by atoms with van der Waals surface area (Å²) in [5.41, 5.74) is 0.179. The topological polar surface area (TPSA) is 78.9 Å². The van der Waals surface area contributed by atoms with Gasteiger partial charge in [-0.15, -0.1) is 0 Å². The van der Waals surface area contributed by atoms with Crippen LogP contribution in [0.5, 0.6) is 0 Å². The predicted octanol–water partition coefficient (Wildman–Crippen LogP) is 0.456. The number of carbonyl (C=O) groups excluding carboxylic acids is 3. The molecule has 0 aromatic heterocycles. The highest BCUT2D eigenvalue weighted by Crippen LogP contribution is 2.32. The summed E-state index contributed by atoms with van der Waals surface area (Å²) >= 11 is 0. The van der Waals surface area contributed by atoms with E-state index in [1.54, 1.807) is 6.92 Å². The minimum absolute atomic E-state index is 0.0610. The molecule has 0 radical (unpaired) electrons. The fourth-order valence-electron chi connectivity index (χ4n) is 1.92. The molecule has 6 heteroatoms. The van der Waals surface area contributed by atoms with Crippen LogP contribution >= 0.6 is 0 Å². The number of aldehydes is 1. The van der Waals surface area contributed by atoms with E-state index in [9.17, 15) is 14.4 Å². The van der Waals surface area contributed by atoms with Gasteiger partial charge in [-0.05, 0) is 6.92 Å². The molecule has 6 nitrogen and oxygen atoms in total. The van der Waals surface area contributed by atoms with Gasteiger partial charge in [-0.1, -0.05) is 0 Å². The summed E-state index contributed by atoms with van der Waals surface area (Å²) in [7, 11) is 2.48. The molecule has 0 aromatic rings. The van der Waals surface area contributed by atoms with Crippen molar-refractivity contribution in [2.24, 2.45) is 11.8 Å². The lowest BCUT2D eigenvalue weighted by Gasteiger charge is -2.31. The van der Waals surface area contributed by atoms with Crippen molar-refractivity contribution in [1.29, 1.82) is 0 Å². The van der Waals surface area contributed by atoms with Crippen LogP contribution in [0.1, 0.15) is 13.3 Å². The van der Waals surface area contributed by atoms with Gasteiger partial charge in [0.1, 0.15) is 12.4 Å². The zero-order valence-corrected chi connectivity index (χ0v) is 10.5. The first-order valence-corrected chi connectivity index (χ1v) is 5.51. The van der Waals surface area contributed by atoms with Gasteiger partial charge in [0.15, 0.2) is 0 Å². The normalized spacial score (nSPS) is 26.6. The van der Waals surface area contributed by atoms with E-state index in [1.807, 2.05) is 0 Å². The van der Waals surface area contributed by atoms with Crippen LogP contribution in [0.15, 0.2) is 11.8 Å².